The van der Waals surface area contributed by atoms with E-state index in [1.807, 2.05) is 11.9 Å². The lowest BCUT2D eigenvalue weighted by Crippen LogP contribution is -2.33. The summed E-state index contributed by atoms with van der Waals surface area (Å²) in [6, 6.07) is 5.07. The van der Waals surface area contributed by atoms with Crippen molar-refractivity contribution in [1.82, 2.24) is 4.90 Å². The summed E-state index contributed by atoms with van der Waals surface area (Å²) in [5.41, 5.74) is 5.84. The second kappa shape index (κ2) is 6.81. The van der Waals surface area contributed by atoms with Gasteiger partial charge in [0.15, 0.2) is 0 Å². The van der Waals surface area contributed by atoms with E-state index in [2.05, 4.69) is 5.32 Å². The molecule has 0 bridgehead atoms. The lowest BCUT2D eigenvalue weighted by molar-refractivity contribution is -0.117. The number of rotatable bonds is 5. The number of anilines is 1. The highest BCUT2D eigenvalue weighted by molar-refractivity contribution is 6.39. The number of para-hydroxylation sites is 1. The van der Waals surface area contributed by atoms with Crippen molar-refractivity contribution in [2.24, 2.45) is 5.73 Å². The summed E-state index contributed by atoms with van der Waals surface area (Å²) in [5, 5.41) is 3.53. The molecule has 17 heavy (non-hydrogen) atoms. The number of halogens is 2. The Bertz CT molecular complexity index is 378. The summed E-state index contributed by atoms with van der Waals surface area (Å²) in [6.07, 6.45) is 0. The zero-order chi connectivity index (χ0) is 12.8. The second-order valence-corrected chi connectivity index (χ2v) is 4.49. The van der Waals surface area contributed by atoms with Crippen molar-refractivity contribution in [1.29, 1.82) is 0 Å². The number of nitrogens with one attached hydrogen (secondary N) is 1. The van der Waals surface area contributed by atoms with Gasteiger partial charge in [0.25, 0.3) is 0 Å². The highest BCUT2D eigenvalue weighted by Crippen LogP contribution is 2.29. The summed E-state index contributed by atoms with van der Waals surface area (Å²) in [6.45, 7) is 1.42. The molecule has 0 fully saturated rings. The minimum atomic E-state index is -0.170. The third-order valence-electron chi connectivity index (χ3n) is 2.15. The molecule has 0 spiro atoms. The number of likely N-dealkylation sites (N-methyl/N-ethyl adjacent to an activating group) is 1. The van der Waals surface area contributed by atoms with Crippen molar-refractivity contribution in [3.8, 4) is 0 Å². The fourth-order valence-corrected chi connectivity index (χ4v) is 1.83. The molecule has 0 aliphatic rings. The number of hydrogen-bond acceptors (Lipinski definition) is 3. The van der Waals surface area contributed by atoms with Crippen LogP contribution >= 0.6 is 23.2 Å². The molecule has 0 radical (unpaired) electrons. The lowest BCUT2D eigenvalue weighted by Gasteiger charge is -2.15. The third-order valence-corrected chi connectivity index (χ3v) is 2.78. The van der Waals surface area contributed by atoms with Crippen LogP contribution < -0.4 is 11.1 Å². The molecule has 1 rings (SSSR count). The van der Waals surface area contributed by atoms with Gasteiger partial charge in [-0.15, -0.1) is 0 Å². The SMILES string of the molecule is CN(CCN)CC(=O)Nc1c(Cl)cccc1Cl. The van der Waals surface area contributed by atoms with Crippen LogP contribution in [0.3, 0.4) is 0 Å². The molecule has 1 amide bonds. The standard InChI is InChI=1S/C11H15Cl2N3O/c1-16(6-5-14)7-10(17)15-11-8(12)3-2-4-9(11)13/h2-4H,5-7,14H2,1H3,(H,15,17). The van der Waals surface area contributed by atoms with Crippen LogP contribution in [0.25, 0.3) is 0 Å². The smallest absolute Gasteiger partial charge is 0.238 e. The molecular formula is C11H15Cl2N3O. The quantitative estimate of drug-likeness (QED) is 0.862. The Kier molecular flexibility index (Phi) is 5.71. The van der Waals surface area contributed by atoms with Gasteiger partial charge in [-0.3, -0.25) is 9.69 Å². The minimum absolute atomic E-state index is 0.170. The molecule has 0 aliphatic carbocycles. The summed E-state index contributed by atoms with van der Waals surface area (Å²) >= 11 is 11.9. The first-order valence-electron chi connectivity index (χ1n) is 5.17. The highest BCUT2D eigenvalue weighted by Gasteiger charge is 2.10. The van der Waals surface area contributed by atoms with Gasteiger partial charge >= 0.3 is 0 Å². The van der Waals surface area contributed by atoms with Gasteiger partial charge < -0.3 is 11.1 Å². The second-order valence-electron chi connectivity index (χ2n) is 3.67. The molecule has 0 saturated heterocycles. The van der Waals surface area contributed by atoms with Crippen LogP contribution in [0.1, 0.15) is 0 Å². The number of amides is 1. The van der Waals surface area contributed by atoms with Crippen molar-refractivity contribution in [2.45, 2.75) is 0 Å². The average molecular weight is 276 g/mol. The van der Waals surface area contributed by atoms with Crippen LogP contribution in [0, 0.1) is 0 Å². The number of carbonyl (C=O) groups is 1. The molecule has 94 valence electrons. The van der Waals surface area contributed by atoms with Gasteiger partial charge in [0.05, 0.1) is 22.3 Å². The number of carbonyl (C=O) groups excluding carboxylic acids is 1. The molecule has 4 nitrogen and oxygen atoms in total. The molecular weight excluding hydrogens is 261 g/mol. The topological polar surface area (TPSA) is 58.4 Å². The Balaban J connectivity index is 2.62. The van der Waals surface area contributed by atoms with E-state index in [1.54, 1.807) is 18.2 Å². The first-order chi connectivity index (χ1) is 8.04. The highest BCUT2D eigenvalue weighted by atomic mass is 35.5. The number of hydrogen-bond donors (Lipinski definition) is 2. The summed E-state index contributed by atoms with van der Waals surface area (Å²) in [4.78, 5) is 13.5. The van der Waals surface area contributed by atoms with Crippen molar-refractivity contribution in [3.63, 3.8) is 0 Å². The van der Waals surface area contributed by atoms with Crippen LogP contribution in [-0.4, -0.2) is 37.5 Å². The number of nitrogens with zero attached hydrogens (tertiary/aromatic N) is 1. The summed E-state index contributed by atoms with van der Waals surface area (Å²) < 4.78 is 0. The molecule has 0 aromatic heterocycles. The van der Waals surface area contributed by atoms with Crippen LogP contribution in [0.15, 0.2) is 18.2 Å². The lowest BCUT2D eigenvalue weighted by atomic mass is 10.3. The van der Waals surface area contributed by atoms with Crippen molar-refractivity contribution < 1.29 is 4.79 Å². The molecule has 0 heterocycles. The van der Waals surface area contributed by atoms with E-state index in [-0.39, 0.29) is 12.5 Å². The van der Waals surface area contributed by atoms with E-state index in [1.165, 1.54) is 0 Å². The number of nitrogens with two attached hydrogens (primary N) is 1. The minimum Gasteiger partial charge on any atom is -0.329 e. The number of benzene rings is 1. The maximum absolute atomic E-state index is 11.7. The Morgan fingerprint density at radius 3 is 2.53 bits per heavy atom. The first kappa shape index (κ1) is 14.3. The molecule has 0 aliphatic heterocycles. The average Bonchev–Trinajstić information content (AvgIpc) is 2.24. The molecule has 1 aromatic carbocycles. The largest absolute Gasteiger partial charge is 0.329 e. The van der Waals surface area contributed by atoms with Crippen molar-refractivity contribution >= 4 is 34.8 Å². The predicted octanol–water partition coefficient (Wildman–Crippen LogP) is 1.82. The van der Waals surface area contributed by atoms with Crippen LogP contribution in [0.2, 0.25) is 10.0 Å². The summed E-state index contributed by atoms with van der Waals surface area (Å²) in [5.74, 6) is -0.170. The third kappa shape index (κ3) is 4.52. The molecule has 0 atom stereocenters. The Labute approximate surface area is 111 Å². The van der Waals surface area contributed by atoms with E-state index < -0.39 is 0 Å². The zero-order valence-corrected chi connectivity index (χ0v) is 11.1. The van der Waals surface area contributed by atoms with Crippen molar-refractivity contribution in [2.75, 3.05) is 32.0 Å². The molecule has 3 N–H and O–H groups in total. The predicted molar refractivity (Wildman–Crippen MR) is 71.6 cm³/mol. The monoisotopic (exact) mass is 275 g/mol. The Morgan fingerprint density at radius 1 is 1.41 bits per heavy atom. The normalized spacial score (nSPS) is 10.6. The van der Waals surface area contributed by atoms with Gasteiger partial charge in [-0.1, -0.05) is 29.3 Å². The van der Waals surface area contributed by atoms with Gasteiger partial charge in [0, 0.05) is 13.1 Å². The van der Waals surface area contributed by atoms with E-state index >= 15 is 0 Å². The molecule has 0 saturated carbocycles. The Hall–Kier alpha value is -0.810. The summed E-state index contributed by atoms with van der Waals surface area (Å²) in [7, 11) is 1.82. The van der Waals surface area contributed by atoms with Crippen LogP contribution in [-0.2, 0) is 4.79 Å². The fraction of sp³-hybridized carbons (Fsp3) is 0.364. The van der Waals surface area contributed by atoms with E-state index in [0.29, 0.717) is 28.8 Å². The van der Waals surface area contributed by atoms with E-state index in [0.717, 1.165) is 0 Å². The molecule has 0 unspecified atom stereocenters. The van der Waals surface area contributed by atoms with E-state index in [9.17, 15) is 4.79 Å². The maximum Gasteiger partial charge on any atom is 0.238 e. The van der Waals surface area contributed by atoms with Crippen LogP contribution in [0.4, 0.5) is 5.69 Å². The van der Waals surface area contributed by atoms with Gasteiger partial charge in [-0.2, -0.15) is 0 Å². The molecule has 6 heteroatoms. The maximum atomic E-state index is 11.7. The first-order valence-corrected chi connectivity index (χ1v) is 5.92. The van der Waals surface area contributed by atoms with Gasteiger partial charge in [-0.25, -0.2) is 0 Å². The van der Waals surface area contributed by atoms with Crippen molar-refractivity contribution in [3.05, 3.63) is 28.2 Å². The van der Waals surface area contributed by atoms with Gasteiger partial charge in [0.1, 0.15) is 0 Å². The molecule has 1 aromatic rings. The Morgan fingerprint density at radius 2 is 2.00 bits per heavy atom. The zero-order valence-electron chi connectivity index (χ0n) is 9.54. The van der Waals surface area contributed by atoms with Crippen LogP contribution in [0.5, 0.6) is 0 Å². The van der Waals surface area contributed by atoms with E-state index in [4.69, 9.17) is 28.9 Å². The fourth-order valence-electron chi connectivity index (χ4n) is 1.34. The van der Waals surface area contributed by atoms with Gasteiger partial charge in [-0.05, 0) is 19.2 Å². The van der Waals surface area contributed by atoms with Gasteiger partial charge in [0.2, 0.25) is 5.91 Å².